The van der Waals surface area contributed by atoms with Crippen LogP contribution in [0.1, 0.15) is 58.1 Å². The van der Waals surface area contributed by atoms with Gasteiger partial charge in [-0.05, 0) is 70.6 Å². The number of hydrogen-bond acceptors (Lipinski definition) is 1. The van der Waals surface area contributed by atoms with Crippen LogP contribution in [-0.2, 0) is 0 Å². The van der Waals surface area contributed by atoms with Gasteiger partial charge in [-0.1, -0.05) is 69.7 Å². The van der Waals surface area contributed by atoms with E-state index in [1.54, 1.807) is 24.7 Å². The molecular weight excluding hydrogens is 359 g/mol. The molecule has 0 atom stereocenters. The molecular formula is C27H29FO. The van der Waals surface area contributed by atoms with E-state index in [-0.39, 0.29) is 16.6 Å². The minimum atomic E-state index is -0.197. The Labute approximate surface area is 173 Å². The molecule has 29 heavy (non-hydrogen) atoms. The monoisotopic (exact) mass is 388 g/mol. The van der Waals surface area contributed by atoms with Gasteiger partial charge in [-0.15, -0.1) is 0 Å². The van der Waals surface area contributed by atoms with E-state index >= 15 is 0 Å². The summed E-state index contributed by atoms with van der Waals surface area (Å²) < 4.78 is 18.8. The van der Waals surface area contributed by atoms with Crippen LogP contribution in [0.5, 0.6) is 0 Å². The normalized spacial score (nSPS) is 17.9. The lowest BCUT2D eigenvalue weighted by Gasteiger charge is -2.43. The van der Waals surface area contributed by atoms with Crippen molar-refractivity contribution >= 4 is 5.57 Å². The van der Waals surface area contributed by atoms with Crippen molar-refractivity contribution in [1.29, 1.82) is 0 Å². The maximum absolute atomic E-state index is 13.6. The molecule has 1 heterocycles. The van der Waals surface area contributed by atoms with Crippen molar-refractivity contribution in [2.24, 2.45) is 10.8 Å². The summed E-state index contributed by atoms with van der Waals surface area (Å²) in [5.74, 6) is -0.197. The topological polar surface area (TPSA) is 13.1 Å². The molecule has 1 aromatic heterocycles. The van der Waals surface area contributed by atoms with Gasteiger partial charge in [-0.3, -0.25) is 0 Å². The van der Waals surface area contributed by atoms with E-state index in [1.807, 2.05) is 18.2 Å². The zero-order valence-corrected chi connectivity index (χ0v) is 17.8. The van der Waals surface area contributed by atoms with Crippen LogP contribution < -0.4 is 0 Å². The summed E-state index contributed by atoms with van der Waals surface area (Å²) in [6.45, 7) is 9.44. The van der Waals surface area contributed by atoms with Gasteiger partial charge >= 0.3 is 0 Å². The van der Waals surface area contributed by atoms with Gasteiger partial charge in [0.1, 0.15) is 5.82 Å². The zero-order valence-electron chi connectivity index (χ0n) is 17.8. The van der Waals surface area contributed by atoms with Crippen molar-refractivity contribution in [3.8, 4) is 11.1 Å². The highest BCUT2D eigenvalue weighted by Crippen LogP contribution is 2.50. The maximum atomic E-state index is 13.6. The Kier molecular flexibility index (Phi) is 4.98. The van der Waals surface area contributed by atoms with Gasteiger partial charge in [0, 0.05) is 5.56 Å². The number of halogens is 1. The predicted octanol–water partition coefficient (Wildman–Crippen LogP) is 8.12. The molecule has 0 amide bonds. The summed E-state index contributed by atoms with van der Waals surface area (Å²) >= 11 is 0. The Bertz CT molecular complexity index is 985. The molecule has 3 aromatic rings. The van der Waals surface area contributed by atoms with Crippen LogP contribution in [0.2, 0.25) is 0 Å². The standard InChI is InChI=1S/C27H29FO/c1-26(2)15-23(16-27(3,4)18-26)25(21-9-11-24(28)12-10-21)20-7-5-19(6-8-20)22-13-14-29-17-22/h5-14,17H,15-16,18H2,1-4H3. The molecule has 1 aliphatic carbocycles. The van der Waals surface area contributed by atoms with Gasteiger partial charge in [0.25, 0.3) is 0 Å². The third-order valence-corrected chi connectivity index (χ3v) is 5.86. The largest absolute Gasteiger partial charge is 0.472 e. The van der Waals surface area contributed by atoms with Gasteiger partial charge in [0.05, 0.1) is 12.5 Å². The number of hydrogen-bond donors (Lipinski definition) is 0. The number of rotatable bonds is 3. The molecule has 0 radical (unpaired) electrons. The molecule has 150 valence electrons. The minimum absolute atomic E-state index is 0.197. The summed E-state index contributed by atoms with van der Waals surface area (Å²) in [4.78, 5) is 0. The van der Waals surface area contributed by atoms with Gasteiger partial charge < -0.3 is 4.42 Å². The number of furan rings is 1. The van der Waals surface area contributed by atoms with E-state index in [1.165, 1.54) is 23.1 Å². The van der Waals surface area contributed by atoms with Crippen LogP contribution in [-0.4, -0.2) is 0 Å². The van der Waals surface area contributed by atoms with E-state index in [4.69, 9.17) is 4.42 Å². The second-order valence-electron chi connectivity index (χ2n) is 9.93. The summed E-state index contributed by atoms with van der Waals surface area (Å²) in [6.07, 6.45) is 6.79. The lowest BCUT2D eigenvalue weighted by molar-refractivity contribution is 0.154. The van der Waals surface area contributed by atoms with E-state index in [2.05, 4.69) is 52.0 Å². The summed E-state index contributed by atoms with van der Waals surface area (Å²) in [7, 11) is 0. The van der Waals surface area contributed by atoms with Crippen LogP contribution in [0.4, 0.5) is 4.39 Å². The molecule has 1 nitrogen and oxygen atoms in total. The number of allylic oxidation sites excluding steroid dienone is 1. The molecule has 0 bridgehead atoms. The molecule has 1 fully saturated rings. The van der Waals surface area contributed by atoms with E-state index < -0.39 is 0 Å². The van der Waals surface area contributed by atoms with Crippen molar-refractivity contribution in [3.63, 3.8) is 0 Å². The van der Waals surface area contributed by atoms with Crippen molar-refractivity contribution in [1.82, 2.24) is 0 Å². The first-order chi connectivity index (χ1) is 13.7. The smallest absolute Gasteiger partial charge is 0.123 e. The average Bonchev–Trinajstić information content (AvgIpc) is 3.16. The molecule has 4 rings (SSSR count). The highest BCUT2D eigenvalue weighted by molar-refractivity contribution is 5.83. The average molecular weight is 389 g/mol. The fraction of sp³-hybridized carbons (Fsp3) is 0.333. The first-order valence-electron chi connectivity index (χ1n) is 10.3. The Morgan fingerprint density at radius 1 is 0.759 bits per heavy atom. The van der Waals surface area contributed by atoms with Gasteiger partial charge in [0.2, 0.25) is 0 Å². The van der Waals surface area contributed by atoms with E-state index in [0.29, 0.717) is 0 Å². The fourth-order valence-electron chi connectivity index (χ4n) is 5.26. The second kappa shape index (κ2) is 7.33. The Morgan fingerprint density at radius 2 is 1.31 bits per heavy atom. The van der Waals surface area contributed by atoms with Crippen molar-refractivity contribution in [2.75, 3.05) is 0 Å². The van der Waals surface area contributed by atoms with Crippen molar-refractivity contribution in [2.45, 2.75) is 47.0 Å². The molecule has 2 aromatic carbocycles. The highest BCUT2D eigenvalue weighted by atomic mass is 19.1. The van der Waals surface area contributed by atoms with Crippen molar-refractivity contribution in [3.05, 3.63) is 89.6 Å². The molecule has 0 saturated heterocycles. The first-order valence-corrected chi connectivity index (χ1v) is 10.3. The molecule has 0 spiro atoms. The third kappa shape index (κ3) is 4.37. The van der Waals surface area contributed by atoms with E-state index in [9.17, 15) is 4.39 Å². The van der Waals surface area contributed by atoms with Crippen molar-refractivity contribution < 1.29 is 8.81 Å². The quantitative estimate of drug-likeness (QED) is 0.441. The second-order valence-corrected chi connectivity index (χ2v) is 9.93. The van der Waals surface area contributed by atoms with Gasteiger partial charge in [0.15, 0.2) is 0 Å². The Balaban J connectivity index is 1.84. The molecule has 1 saturated carbocycles. The van der Waals surface area contributed by atoms with Gasteiger partial charge in [-0.2, -0.15) is 0 Å². The SMILES string of the molecule is CC1(C)CC(=C(c2ccc(F)cc2)c2ccc(-c3ccoc3)cc2)CC(C)(C)C1. The van der Waals surface area contributed by atoms with Crippen LogP contribution >= 0.6 is 0 Å². The van der Waals surface area contributed by atoms with E-state index in [0.717, 1.165) is 29.5 Å². The minimum Gasteiger partial charge on any atom is -0.472 e. The first kappa shape index (κ1) is 19.7. The summed E-state index contributed by atoms with van der Waals surface area (Å²) in [5, 5.41) is 0. The Hall–Kier alpha value is -2.61. The fourth-order valence-corrected chi connectivity index (χ4v) is 5.26. The summed E-state index contributed by atoms with van der Waals surface area (Å²) in [6, 6.07) is 17.6. The molecule has 0 N–H and O–H groups in total. The Morgan fingerprint density at radius 3 is 1.83 bits per heavy atom. The third-order valence-electron chi connectivity index (χ3n) is 5.86. The molecule has 1 aliphatic rings. The maximum Gasteiger partial charge on any atom is 0.123 e. The van der Waals surface area contributed by atoms with Crippen LogP contribution in [0.25, 0.3) is 16.7 Å². The van der Waals surface area contributed by atoms with Gasteiger partial charge in [-0.25, -0.2) is 4.39 Å². The molecule has 0 aliphatic heterocycles. The van der Waals surface area contributed by atoms with Crippen LogP contribution in [0, 0.1) is 16.6 Å². The molecule has 0 unspecified atom stereocenters. The number of benzene rings is 2. The summed E-state index contributed by atoms with van der Waals surface area (Å²) in [5.41, 5.74) is 7.71. The molecule has 2 heteroatoms. The zero-order chi connectivity index (χ0) is 20.6. The lowest BCUT2D eigenvalue weighted by atomic mass is 9.62. The van der Waals surface area contributed by atoms with Crippen LogP contribution in [0.3, 0.4) is 0 Å². The van der Waals surface area contributed by atoms with Crippen LogP contribution in [0.15, 0.2) is 77.1 Å². The predicted molar refractivity (Wildman–Crippen MR) is 118 cm³/mol. The lowest BCUT2D eigenvalue weighted by Crippen LogP contribution is -2.30. The highest BCUT2D eigenvalue weighted by Gasteiger charge is 2.37.